The van der Waals surface area contributed by atoms with Crippen LogP contribution in [0.3, 0.4) is 0 Å². The molecule has 0 radical (unpaired) electrons. The fourth-order valence-electron chi connectivity index (χ4n) is 1.91. The first kappa shape index (κ1) is 16.5. The molecule has 0 saturated heterocycles. The predicted molar refractivity (Wildman–Crippen MR) is 84.2 cm³/mol. The number of ether oxygens (including phenoxy) is 1. The molecule has 0 bridgehead atoms. The predicted octanol–water partition coefficient (Wildman–Crippen LogP) is 4.77. The van der Waals surface area contributed by atoms with Crippen molar-refractivity contribution in [1.29, 1.82) is 0 Å². The Balaban J connectivity index is 2.27. The molecule has 20 heavy (non-hydrogen) atoms. The van der Waals surface area contributed by atoms with E-state index in [9.17, 15) is 4.79 Å². The van der Waals surface area contributed by atoms with Crippen molar-refractivity contribution in [2.45, 2.75) is 58.8 Å². The van der Waals surface area contributed by atoms with E-state index in [0.29, 0.717) is 6.42 Å². The number of unbranched alkanes of at least 4 members (excludes halogenated alkanes) is 4. The van der Waals surface area contributed by atoms with Gasteiger partial charge in [-0.2, -0.15) is 0 Å². The molecule has 1 rings (SSSR count). The second-order valence-corrected chi connectivity index (χ2v) is 5.09. The van der Waals surface area contributed by atoms with Crippen LogP contribution in [0.2, 0.25) is 0 Å². The lowest BCUT2D eigenvalue weighted by Crippen LogP contribution is -2.10. The third-order valence-electron chi connectivity index (χ3n) is 3.16. The zero-order valence-corrected chi connectivity index (χ0v) is 12.8. The third-order valence-corrected chi connectivity index (χ3v) is 3.16. The van der Waals surface area contributed by atoms with E-state index >= 15 is 0 Å². The van der Waals surface area contributed by atoms with Crippen LogP contribution in [0.1, 0.15) is 58.8 Å². The molecule has 112 valence electrons. The third kappa shape index (κ3) is 7.17. The van der Waals surface area contributed by atoms with Crippen LogP contribution in [0, 0.1) is 0 Å². The van der Waals surface area contributed by atoms with Crippen molar-refractivity contribution in [3.63, 3.8) is 0 Å². The van der Waals surface area contributed by atoms with E-state index in [1.807, 2.05) is 24.3 Å². The highest BCUT2D eigenvalue weighted by molar-refractivity contribution is 5.90. The zero-order valence-electron chi connectivity index (χ0n) is 12.8. The highest BCUT2D eigenvalue weighted by atomic mass is 16.5. The van der Waals surface area contributed by atoms with Crippen LogP contribution in [-0.4, -0.2) is 12.5 Å². The Kier molecular flexibility index (Phi) is 8.52. The van der Waals surface area contributed by atoms with Gasteiger partial charge in [0.2, 0.25) is 5.91 Å². The molecule has 0 fully saturated rings. The molecule has 1 amide bonds. The Hall–Kier alpha value is -1.51. The second kappa shape index (κ2) is 10.3. The average molecular weight is 277 g/mol. The Morgan fingerprint density at radius 3 is 2.35 bits per heavy atom. The van der Waals surface area contributed by atoms with Gasteiger partial charge in [0.05, 0.1) is 6.61 Å². The van der Waals surface area contributed by atoms with Gasteiger partial charge in [0, 0.05) is 12.1 Å². The Labute approximate surface area is 122 Å². The summed E-state index contributed by atoms with van der Waals surface area (Å²) in [7, 11) is 0. The molecule has 3 nitrogen and oxygen atoms in total. The number of benzene rings is 1. The summed E-state index contributed by atoms with van der Waals surface area (Å²) in [5.41, 5.74) is 0.837. The molecule has 0 heterocycles. The number of hydrogen-bond acceptors (Lipinski definition) is 2. The zero-order chi connectivity index (χ0) is 14.6. The summed E-state index contributed by atoms with van der Waals surface area (Å²) in [6.07, 6.45) is 7.40. The molecule has 3 heteroatoms. The molecule has 0 spiro atoms. The molecular weight excluding hydrogens is 250 g/mol. The highest BCUT2D eigenvalue weighted by Gasteiger charge is 2.01. The van der Waals surface area contributed by atoms with Crippen LogP contribution in [0.15, 0.2) is 24.3 Å². The lowest BCUT2D eigenvalue weighted by Gasteiger charge is -2.08. The van der Waals surface area contributed by atoms with Crippen molar-refractivity contribution in [3.05, 3.63) is 24.3 Å². The van der Waals surface area contributed by atoms with Gasteiger partial charge in [-0.05, 0) is 37.1 Å². The molecule has 0 aliphatic carbocycles. The van der Waals surface area contributed by atoms with E-state index in [-0.39, 0.29) is 5.91 Å². The van der Waals surface area contributed by atoms with Gasteiger partial charge in [-0.25, -0.2) is 0 Å². The number of carbonyl (C=O) groups is 1. The van der Waals surface area contributed by atoms with Crippen molar-refractivity contribution in [2.24, 2.45) is 0 Å². The van der Waals surface area contributed by atoms with Gasteiger partial charge < -0.3 is 10.1 Å². The highest BCUT2D eigenvalue weighted by Crippen LogP contribution is 2.16. The van der Waals surface area contributed by atoms with Crippen molar-refractivity contribution >= 4 is 11.6 Å². The molecule has 0 saturated carbocycles. The summed E-state index contributed by atoms with van der Waals surface area (Å²) in [5.74, 6) is 0.952. The van der Waals surface area contributed by atoms with Crippen LogP contribution in [0.25, 0.3) is 0 Å². The smallest absolute Gasteiger partial charge is 0.224 e. The van der Waals surface area contributed by atoms with Gasteiger partial charge in [-0.15, -0.1) is 0 Å². The van der Waals surface area contributed by atoms with Gasteiger partial charge in [-0.1, -0.05) is 39.5 Å². The van der Waals surface area contributed by atoms with Crippen molar-refractivity contribution in [3.8, 4) is 5.75 Å². The fraction of sp³-hybridized carbons (Fsp3) is 0.588. The van der Waals surface area contributed by atoms with Gasteiger partial charge >= 0.3 is 0 Å². The van der Waals surface area contributed by atoms with E-state index < -0.39 is 0 Å². The maximum atomic E-state index is 11.6. The van der Waals surface area contributed by atoms with E-state index in [1.165, 1.54) is 19.3 Å². The van der Waals surface area contributed by atoms with Crippen LogP contribution in [0.5, 0.6) is 5.75 Å². The lowest BCUT2D eigenvalue weighted by molar-refractivity contribution is -0.116. The molecule has 0 aliphatic rings. The molecule has 0 unspecified atom stereocenters. The molecule has 1 N–H and O–H groups in total. The summed E-state index contributed by atoms with van der Waals surface area (Å²) >= 11 is 0. The number of hydrogen-bond donors (Lipinski definition) is 1. The molecule has 1 aromatic carbocycles. The lowest BCUT2D eigenvalue weighted by atomic mass is 10.2. The Morgan fingerprint density at radius 1 is 1.00 bits per heavy atom. The number of carbonyl (C=O) groups excluding carboxylic acids is 1. The Bertz CT molecular complexity index is 373. The van der Waals surface area contributed by atoms with Crippen molar-refractivity contribution in [2.75, 3.05) is 11.9 Å². The average Bonchev–Trinajstić information content (AvgIpc) is 2.46. The Morgan fingerprint density at radius 2 is 1.70 bits per heavy atom. The SMILES string of the molecule is CCCCCCOc1ccc(NC(=O)CCCC)cc1. The van der Waals surface area contributed by atoms with E-state index in [2.05, 4.69) is 19.2 Å². The van der Waals surface area contributed by atoms with Gasteiger partial charge in [-0.3, -0.25) is 4.79 Å². The quantitative estimate of drug-likeness (QED) is 0.625. The number of rotatable bonds is 10. The van der Waals surface area contributed by atoms with E-state index in [4.69, 9.17) is 4.74 Å². The molecule has 0 aliphatic heterocycles. The van der Waals surface area contributed by atoms with E-state index in [1.54, 1.807) is 0 Å². The van der Waals surface area contributed by atoms with Gasteiger partial charge in [0.15, 0.2) is 0 Å². The maximum Gasteiger partial charge on any atom is 0.224 e. The van der Waals surface area contributed by atoms with Gasteiger partial charge in [0.1, 0.15) is 5.75 Å². The summed E-state index contributed by atoms with van der Waals surface area (Å²) in [6.45, 7) is 5.05. The first-order chi connectivity index (χ1) is 9.76. The molecule has 1 aromatic rings. The van der Waals surface area contributed by atoms with Crippen LogP contribution in [-0.2, 0) is 4.79 Å². The maximum absolute atomic E-state index is 11.6. The van der Waals surface area contributed by atoms with Crippen molar-refractivity contribution < 1.29 is 9.53 Å². The summed E-state index contributed by atoms with van der Waals surface area (Å²) in [6, 6.07) is 7.61. The molecule has 0 atom stereocenters. The molecular formula is C17H27NO2. The number of nitrogens with one attached hydrogen (secondary N) is 1. The largest absolute Gasteiger partial charge is 0.494 e. The van der Waals surface area contributed by atoms with Crippen molar-refractivity contribution in [1.82, 2.24) is 0 Å². The number of anilines is 1. The minimum atomic E-state index is 0.0834. The standard InChI is InChI=1S/C17H27NO2/c1-3-5-7-8-14-20-16-12-10-15(11-13-16)18-17(19)9-6-4-2/h10-13H,3-9,14H2,1-2H3,(H,18,19). The summed E-state index contributed by atoms with van der Waals surface area (Å²) in [4.78, 5) is 11.6. The molecule has 0 aromatic heterocycles. The van der Waals surface area contributed by atoms with Crippen LogP contribution < -0.4 is 10.1 Å². The minimum absolute atomic E-state index is 0.0834. The van der Waals surface area contributed by atoms with Gasteiger partial charge in [0.25, 0.3) is 0 Å². The first-order valence-electron chi connectivity index (χ1n) is 7.79. The summed E-state index contributed by atoms with van der Waals surface area (Å²) in [5, 5.41) is 2.89. The minimum Gasteiger partial charge on any atom is -0.494 e. The van der Waals surface area contributed by atoms with Crippen LogP contribution in [0.4, 0.5) is 5.69 Å². The summed E-state index contributed by atoms with van der Waals surface area (Å²) < 4.78 is 5.66. The topological polar surface area (TPSA) is 38.3 Å². The normalized spacial score (nSPS) is 10.3. The number of amides is 1. The monoisotopic (exact) mass is 277 g/mol. The van der Waals surface area contributed by atoms with E-state index in [0.717, 1.165) is 37.3 Å². The first-order valence-corrected chi connectivity index (χ1v) is 7.79. The van der Waals surface area contributed by atoms with Crippen LogP contribution >= 0.6 is 0 Å². The fourth-order valence-corrected chi connectivity index (χ4v) is 1.91. The second-order valence-electron chi connectivity index (χ2n) is 5.09.